The zero-order valence-electron chi connectivity index (χ0n) is 9.51. The molecular formula is C11H12N4O3. The highest BCUT2D eigenvalue weighted by Gasteiger charge is 2.16. The first-order valence-electron chi connectivity index (χ1n) is 5.49. The fourth-order valence-electron chi connectivity index (χ4n) is 1.75. The lowest BCUT2D eigenvalue weighted by molar-refractivity contribution is 0.174. The average molecular weight is 248 g/mol. The number of nitrogens with one attached hydrogen (secondary N) is 2. The molecule has 3 N–H and O–H groups in total. The van der Waals surface area contributed by atoms with Crippen LogP contribution in [0.3, 0.4) is 0 Å². The molecule has 0 atom stereocenters. The van der Waals surface area contributed by atoms with Gasteiger partial charge in [-0.25, -0.2) is 4.98 Å². The number of rotatable bonds is 4. The monoisotopic (exact) mass is 248 g/mol. The Labute approximate surface area is 103 Å². The van der Waals surface area contributed by atoms with Crippen molar-refractivity contribution in [2.75, 3.05) is 6.79 Å². The first-order valence-corrected chi connectivity index (χ1v) is 5.49. The summed E-state index contributed by atoms with van der Waals surface area (Å²) in [7, 11) is 0. The van der Waals surface area contributed by atoms with E-state index in [1.54, 1.807) is 12.1 Å². The van der Waals surface area contributed by atoms with E-state index in [1.807, 2.05) is 0 Å². The maximum Gasteiger partial charge on any atom is 0.231 e. The average Bonchev–Trinajstić information content (AvgIpc) is 3.00. The third-order valence-corrected chi connectivity index (χ3v) is 2.65. The number of aromatic hydroxyl groups is 1. The Bertz CT molecular complexity index is 541. The van der Waals surface area contributed by atoms with Gasteiger partial charge in [0.15, 0.2) is 11.5 Å². The number of aromatic nitrogens is 3. The quantitative estimate of drug-likeness (QED) is 0.731. The molecule has 0 bridgehead atoms. The van der Waals surface area contributed by atoms with Gasteiger partial charge in [-0.2, -0.15) is 5.10 Å². The Morgan fingerprint density at radius 3 is 2.89 bits per heavy atom. The van der Waals surface area contributed by atoms with E-state index < -0.39 is 0 Å². The maximum absolute atomic E-state index is 9.82. The molecule has 1 aliphatic rings. The highest BCUT2D eigenvalue weighted by Crippen LogP contribution is 2.37. The summed E-state index contributed by atoms with van der Waals surface area (Å²) in [5.41, 5.74) is 0.749. The van der Waals surface area contributed by atoms with E-state index >= 15 is 0 Å². The first-order chi connectivity index (χ1) is 8.83. The molecule has 1 aliphatic heterocycles. The fourth-order valence-corrected chi connectivity index (χ4v) is 1.75. The van der Waals surface area contributed by atoms with Crippen molar-refractivity contribution < 1.29 is 14.6 Å². The van der Waals surface area contributed by atoms with Gasteiger partial charge in [0, 0.05) is 18.2 Å². The summed E-state index contributed by atoms with van der Waals surface area (Å²) in [6.45, 7) is 1.25. The predicted molar refractivity (Wildman–Crippen MR) is 61.2 cm³/mol. The zero-order valence-corrected chi connectivity index (χ0v) is 9.51. The Kier molecular flexibility index (Phi) is 2.73. The molecule has 0 radical (unpaired) electrons. The summed E-state index contributed by atoms with van der Waals surface area (Å²) in [6, 6.07) is 3.33. The van der Waals surface area contributed by atoms with Gasteiger partial charge in [0.05, 0.1) is 6.54 Å². The second kappa shape index (κ2) is 4.53. The summed E-state index contributed by atoms with van der Waals surface area (Å²) in [5, 5.41) is 19.5. The lowest BCUT2D eigenvalue weighted by Crippen LogP contribution is -2.13. The molecule has 7 nitrogen and oxygen atoms in total. The number of hydrogen-bond acceptors (Lipinski definition) is 6. The minimum absolute atomic E-state index is 0.185. The Balaban J connectivity index is 1.66. The van der Waals surface area contributed by atoms with Gasteiger partial charge in [-0.3, -0.25) is 5.10 Å². The van der Waals surface area contributed by atoms with E-state index in [2.05, 4.69) is 20.5 Å². The lowest BCUT2D eigenvalue weighted by atomic mass is 10.1. The molecule has 0 unspecified atom stereocenters. The van der Waals surface area contributed by atoms with E-state index in [4.69, 9.17) is 9.47 Å². The van der Waals surface area contributed by atoms with Crippen molar-refractivity contribution in [3.05, 3.63) is 29.8 Å². The van der Waals surface area contributed by atoms with E-state index in [-0.39, 0.29) is 12.5 Å². The van der Waals surface area contributed by atoms with E-state index in [0.717, 1.165) is 11.4 Å². The number of H-pyrrole nitrogens is 1. The zero-order chi connectivity index (χ0) is 12.4. The van der Waals surface area contributed by atoms with Gasteiger partial charge < -0.3 is 19.9 Å². The molecule has 3 rings (SSSR count). The topological polar surface area (TPSA) is 92.3 Å². The van der Waals surface area contributed by atoms with Crippen LogP contribution in [0, 0.1) is 0 Å². The van der Waals surface area contributed by atoms with Crippen LogP contribution < -0.4 is 14.8 Å². The predicted octanol–water partition coefficient (Wildman–Crippen LogP) is 0.529. The first kappa shape index (κ1) is 10.8. The molecule has 0 amide bonds. The van der Waals surface area contributed by atoms with Crippen molar-refractivity contribution in [3.63, 3.8) is 0 Å². The summed E-state index contributed by atoms with van der Waals surface area (Å²) in [6.07, 6.45) is 1.45. The summed E-state index contributed by atoms with van der Waals surface area (Å²) in [4.78, 5) is 3.99. The SMILES string of the molecule is Oc1cc2c(cc1CNCc1ncn[nH]1)OCO2. The summed E-state index contributed by atoms with van der Waals surface area (Å²) >= 11 is 0. The van der Waals surface area contributed by atoms with E-state index in [1.165, 1.54) is 6.33 Å². The van der Waals surface area contributed by atoms with E-state index in [9.17, 15) is 5.11 Å². The third-order valence-electron chi connectivity index (χ3n) is 2.65. The second-order valence-electron chi connectivity index (χ2n) is 3.87. The number of benzene rings is 1. The molecule has 0 saturated carbocycles. The van der Waals surface area contributed by atoms with Gasteiger partial charge in [0.1, 0.15) is 17.9 Å². The number of ether oxygens (including phenoxy) is 2. The van der Waals surface area contributed by atoms with Crippen LogP contribution in [-0.4, -0.2) is 27.1 Å². The molecule has 0 saturated heterocycles. The minimum Gasteiger partial charge on any atom is -0.507 e. The van der Waals surface area contributed by atoms with Gasteiger partial charge in [0.25, 0.3) is 0 Å². The fraction of sp³-hybridized carbons (Fsp3) is 0.273. The summed E-state index contributed by atoms with van der Waals surface area (Å²) in [5.74, 6) is 2.16. The van der Waals surface area contributed by atoms with Crippen LogP contribution >= 0.6 is 0 Å². The minimum atomic E-state index is 0.185. The van der Waals surface area contributed by atoms with Crippen LogP contribution in [0.2, 0.25) is 0 Å². The normalized spacial score (nSPS) is 12.9. The van der Waals surface area contributed by atoms with Crippen LogP contribution in [0.5, 0.6) is 17.2 Å². The Hall–Kier alpha value is -2.28. The molecule has 18 heavy (non-hydrogen) atoms. The number of phenols is 1. The lowest BCUT2D eigenvalue weighted by Gasteiger charge is -2.07. The van der Waals surface area contributed by atoms with Crippen LogP contribution in [-0.2, 0) is 13.1 Å². The molecule has 0 spiro atoms. The van der Waals surface area contributed by atoms with Gasteiger partial charge in [-0.15, -0.1) is 0 Å². The molecule has 94 valence electrons. The molecule has 1 aromatic carbocycles. The highest BCUT2D eigenvalue weighted by molar-refractivity contribution is 5.51. The van der Waals surface area contributed by atoms with Crippen LogP contribution in [0.4, 0.5) is 0 Å². The number of nitrogens with zero attached hydrogens (tertiary/aromatic N) is 2. The van der Waals surface area contributed by atoms with Crippen LogP contribution in [0.15, 0.2) is 18.5 Å². The van der Waals surface area contributed by atoms with Crippen molar-refractivity contribution in [1.29, 1.82) is 0 Å². The number of phenolic OH excluding ortho intramolecular Hbond substituents is 1. The number of fused-ring (bicyclic) bond motifs is 1. The van der Waals surface area contributed by atoms with Gasteiger partial charge in [-0.05, 0) is 6.07 Å². The number of aromatic amines is 1. The van der Waals surface area contributed by atoms with Crippen LogP contribution in [0.1, 0.15) is 11.4 Å². The van der Waals surface area contributed by atoms with Gasteiger partial charge >= 0.3 is 0 Å². The third kappa shape index (κ3) is 2.07. The molecule has 7 heteroatoms. The second-order valence-corrected chi connectivity index (χ2v) is 3.87. The molecular weight excluding hydrogens is 236 g/mol. The molecule has 0 fully saturated rings. The molecule has 2 aromatic rings. The molecule has 2 heterocycles. The largest absolute Gasteiger partial charge is 0.507 e. The number of hydrogen-bond donors (Lipinski definition) is 3. The smallest absolute Gasteiger partial charge is 0.231 e. The van der Waals surface area contributed by atoms with Gasteiger partial charge in [-0.1, -0.05) is 0 Å². The highest BCUT2D eigenvalue weighted by atomic mass is 16.7. The van der Waals surface area contributed by atoms with Crippen molar-refractivity contribution >= 4 is 0 Å². The van der Waals surface area contributed by atoms with Gasteiger partial charge in [0.2, 0.25) is 6.79 Å². The molecule has 0 aliphatic carbocycles. The Morgan fingerprint density at radius 1 is 1.28 bits per heavy atom. The Morgan fingerprint density at radius 2 is 2.11 bits per heavy atom. The maximum atomic E-state index is 9.82. The summed E-state index contributed by atoms with van der Waals surface area (Å²) < 4.78 is 10.4. The van der Waals surface area contributed by atoms with Crippen molar-refractivity contribution in [3.8, 4) is 17.2 Å². The van der Waals surface area contributed by atoms with Crippen molar-refractivity contribution in [2.24, 2.45) is 0 Å². The van der Waals surface area contributed by atoms with Crippen LogP contribution in [0.25, 0.3) is 0 Å². The van der Waals surface area contributed by atoms with Crippen molar-refractivity contribution in [2.45, 2.75) is 13.1 Å². The van der Waals surface area contributed by atoms with E-state index in [0.29, 0.717) is 24.6 Å². The molecule has 1 aromatic heterocycles. The standard InChI is InChI=1S/C11H12N4O3/c16-8-2-10-9(17-6-18-10)1-7(8)3-12-4-11-13-5-14-15-11/h1-2,5,12,16H,3-4,6H2,(H,13,14,15). The van der Waals surface area contributed by atoms with Crippen molar-refractivity contribution in [1.82, 2.24) is 20.5 Å².